The van der Waals surface area contributed by atoms with Gasteiger partial charge in [-0.3, -0.25) is 4.90 Å². The van der Waals surface area contributed by atoms with E-state index in [1.54, 1.807) is 0 Å². The molecule has 2 aliphatic heterocycles. The zero-order valence-corrected chi connectivity index (χ0v) is 14.0. The number of carbonyl (C=O) groups is 1. The zero-order chi connectivity index (χ0) is 16.1. The molecular formula is C18H27N3O2. The number of fused-ring (bicyclic) bond motifs is 1. The van der Waals surface area contributed by atoms with Gasteiger partial charge < -0.3 is 15.0 Å². The molecular weight excluding hydrogens is 290 g/mol. The van der Waals surface area contributed by atoms with Crippen LogP contribution in [0.4, 0.5) is 4.79 Å². The lowest BCUT2D eigenvalue weighted by molar-refractivity contribution is 0.0524. The summed E-state index contributed by atoms with van der Waals surface area (Å²) in [5.41, 5.74) is 2.90. The number of nitrogens with one attached hydrogen (secondary N) is 1. The third-order valence-corrected chi connectivity index (χ3v) is 4.94. The van der Waals surface area contributed by atoms with Crippen LogP contribution < -0.4 is 5.32 Å². The van der Waals surface area contributed by atoms with Crippen molar-refractivity contribution >= 4 is 6.03 Å². The van der Waals surface area contributed by atoms with Gasteiger partial charge in [0.1, 0.15) is 0 Å². The van der Waals surface area contributed by atoms with Gasteiger partial charge in [-0.25, -0.2) is 4.79 Å². The van der Waals surface area contributed by atoms with Crippen molar-refractivity contribution in [3.8, 4) is 0 Å². The normalized spacial score (nSPS) is 20.0. The minimum atomic E-state index is 0.0455. The highest BCUT2D eigenvalue weighted by molar-refractivity contribution is 5.74. The number of nitrogens with zero attached hydrogens (tertiary/aromatic N) is 2. The Morgan fingerprint density at radius 2 is 1.96 bits per heavy atom. The number of urea groups is 1. The summed E-state index contributed by atoms with van der Waals surface area (Å²) >= 11 is 0. The highest BCUT2D eigenvalue weighted by Gasteiger charge is 2.23. The Labute approximate surface area is 138 Å². The average molecular weight is 317 g/mol. The van der Waals surface area contributed by atoms with E-state index in [0.717, 1.165) is 32.5 Å². The maximum absolute atomic E-state index is 12.2. The fourth-order valence-corrected chi connectivity index (χ4v) is 3.44. The molecule has 2 aliphatic rings. The van der Waals surface area contributed by atoms with Gasteiger partial charge in [0.05, 0.1) is 13.2 Å². The SMILES string of the molecule is CC[C@H](CNC(=O)N1CCOCC1)N1CCc2ccccc2C1. The summed E-state index contributed by atoms with van der Waals surface area (Å²) in [6.07, 6.45) is 2.15. The lowest BCUT2D eigenvalue weighted by Gasteiger charge is -2.36. The number of rotatable bonds is 4. The summed E-state index contributed by atoms with van der Waals surface area (Å²) in [4.78, 5) is 16.6. The van der Waals surface area contributed by atoms with Crippen molar-refractivity contribution in [2.75, 3.05) is 39.4 Å². The van der Waals surface area contributed by atoms with Crippen LogP contribution in [0.25, 0.3) is 0 Å². The molecule has 1 saturated heterocycles. The Morgan fingerprint density at radius 3 is 2.70 bits per heavy atom. The molecule has 0 unspecified atom stereocenters. The predicted molar refractivity (Wildman–Crippen MR) is 90.4 cm³/mol. The molecule has 0 radical (unpaired) electrons. The summed E-state index contributed by atoms with van der Waals surface area (Å²) in [7, 11) is 0. The third kappa shape index (κ3) is 4.03. The molecule has 1 aromatic carbocycles. The van der Waals surface area contributed by atoms with Crippen LogP contribution in [0.2, 0.25) is 0 Å². The Kier molecular flexibility index (Phi) is 5.51. The molecule has 0 spiro atoms. The highest BCUT2D eigenvalue weighted by Crippen LogP contribution is 2.21. The van der Waals surface area contributed by atoms with Crippen LogP contribution in [0, 0.1) is 0 Å². The molecule has 0 saturated carbocycles. The van der Waals surface area contributed by atoms with Crippen LogP contribution in [0.15, 0.2) is 24.3 Å². The molecule has 5 heteroatoms. The van der Waals surface area contributed by atoms with Crippen LogP contribution in [0.3, 0.4) is 0 Å². The number of amides is 2. The minimum absolute atomic E-state index is 0.0455. The van der Waals surface area contributed by atoms with Gasteiger partial charge in [-0.1, -0.05) is 31.2 Å². The van der Waals surface area contributed by atoms with Crippen LogP contribution in [0.5, 0.6) is 0 Å². The third-order valence-electron chi connectivity index (χ3n) is 4.94. The van der Waals surface area contributed by atoms with Gasteiger partial charge in [0.2, 0.25) is 0 Å². The first-order chi connectivity index (χ1) is 11.3. The van der Waals surface area contributed by atoms with Crippen molar-refractivity contribution in [1.82, 2.24) is 15.1 Å². The van der Waals surface area contributed by atoms with E-state index in [0.29, 0.717) is 32.3 Å². The largest absolute Gasteiger partial charge is 0.378 e. The van der Waals surface area contributed by atoms with Crippen molar-refractivity contribution in [3.05, 3.63) is 35.4 Å². The van der Waals surface area contributed by atoms with Gasteiger partial charge in [0.25, 0.3) is 0 Å². The van der Waals surface area contributed by atoms with E-state index in [4.69, 9.17) is 4.74 Å². The van der Waals surface area contributed by atoms with Crippen LogP contribution in [0.1, 0.15) is 24.5 Å². The summed E-state index contributed by atoms with van der Waals surface area (Å²) in [6, 6.07) is 9.13. The molecule has 1 atom stereocenters. The van der Waals surface area contributed by atoms with Crippen molar-refractivity contribution in [1.29, 1.82) is 0 Å². The van der Waals surface area contributed by atoms with E-state index in [1.807, 2.05) is 4.90 Å². The lowest BCUT2D eigenvalue weighted by Crippen LogP contribution is -2.51. The predicted octanol–water partition coefficient (Wildman–Crippen LogP) is 1.87. The second kappa shape index (κ2) is 7.79. The molecule has 0 bridgehead atoms. The number of hydrogen-bond acceptors (Lipinski definition) is 3. The fraction of sp³-hybridized carbons (Fsp3) is 0.611. The average Bonchev–Trinajstić information content (AvgIpc) is 2.62. The highest BCUT2D eigenvalue weighted by atomic mass is 16.5. The molecule has 126 valence electrons. The number of morpholine rings is 1. The van der Waals surface area contributed by atoms with Crippen molar-refractivity contribution in [2.45, 2.75) is 32.4 Å². The number of ether oxygens (including phenoxy) is 1. The fourth-order valence-electron chi connectivity index (χ4n) is 3.44. The lowest BCUT2D eigenvalue weighted by atomic mass is 9.98. The Balaban J connectivity index is 1.53. The molecule has 23 heavy (non-hydrogen) atoms. The summed E-state index contributed by atoms with van der Waals surface area (Å²) in [6.45, 7) is 7.66. The smallest absolute Gasteiger partial charge is 0.317 e. The molecule has 2 amide bonds. The summed E-state index contributed by atoms with van der Waals surface area (Å²) < 4.78 is 5.30. The molecule has 1 fully saturated rings. The number of hydrogen-bond donors (Lipinski definition) is 1. The summed E-state index contributed by atoms with van der Waals surface area (Å²) in [5, 5.41) is 3.11. The maximum Gasteiger partial charge on any atom is 0.317 e. The first-order valence-corrected chi connectivity index (χ1v) is 8.69. The van der Waals surface area contributed by atoms with Crippen molar-refractivity contribution in [2.24, 2.45) is 0 Å². The van der Waals surface area contributed by atoms with E-state index in [1.165, 1.54) is 11.1 Å². The van der Waals surface area contributed by atoms with Gasteiger partial charge >= 0.3 is 6.03 Å². The van der Waals surface area contributed by atoms with Gasteiger partial charge in [-0.15, -0.1) is 0 Å². The summed E-state index contributed by atoms with van der Waals surface area (Å²) in [5.74, 6) is 0. The van der Waals surface area contributed by atoms with E-state index < -0.39 is 0 Å². The van der Waals surface area contributed by atoms with Crippen molar-refractivity contribution < 1.29 is 9.53 Å². The second-order valence-corrected chi connectivity index (χ2v) is 6.34. The Bertz CT molecular complexity index is 529. The van der Waals surface area contributed by atoms with Gasteiger partial charge in [0.15, 0.2) is 0 Å². The van der Waals surface area contributed by atoms with Gasteiger partial charge in [-0.2, -0.15) is 0 Å². The Hall–Kier alpha value is -1.59. The van der Waals surface area contributed by atoms with E-state index >= 15 is 0 Å². The Morgan fingerprint density at radius 1 is 1.22 bits per heavy atom. The van der Waals surface area contributed by atoms with E-state index in [-0.39, 0.29) is 6.03 Å². The van der Waals surface area contributed by atoms with E-state index in [9.17, 15) is 4.79 Å². The van der Waals surface area contributed by atoms with Crippen LogP contribution in [-0.2, 0) is 17.7 Å². The molecule has 3 rings (SSSR count). The second-order valence-electron chi connectivity index (χ2n) is 6.34. The van der Waals surface area contributed by atoms with Crippen LogP contribution >= 0.6 is 0 Å². The maximum atomic E-state index is 12.2. The molecule has 1 N–H and O–H groups in total. The van der Waals surface area contributed by atoms with E-state index in [2.05, 4.69) is 41.4 Å². The molecule has 0 aromatic heterocycles. The minimum Gasteiger partial charge on any atom is -0.378 e. The zero-order valence-electron chi connectivity index (χ0n) is 14.0. The first-order valence-electron chi connectivity index (χ1n) is 8.69. The quantitative estimate of drug-likeness (QED) is 0.922. The molecule has 2 heterocycles. The first kappa shape index (κ1) is 16.3. The monoisotopic (exact) mass is 317 g/mol. The molecule has 5 nitrogen and oxygen atoms in total. The van der Waals surface area contributed by atoms with Crippen molar-refractivity contribution in [3.63, 3.8) is 0 Å². The standard InChI is InChI=1S/C18H27N3O2/c1-2-17(13-19-18(22)20-9-11-23-12-10-20)21-8-7-15-5-3-4-6-16(15)14-21/h3-6,17H,2,7-14H2,1H3,(H,19,22)/t17-/m1/s1. The van der Waals surface area contributed by atoms with Gasteiger partial charge in [0, 0.05) is 38.8 Å². The topological polar surface area (TPSA) is 44.8 Å². The molecule has 1 aromatic rings. The number of carbonyl (C=O) groups excluding carboxylic acids is 1. The van der Waals surface area contributed by atoms with Gasteiger partial charge in [-0.05, 0) is 24.0 Å². The molecule has 0 aliphatic carbocycles. The number of benzene rings is 1. The van der Waals surface area contributed by atoms with Crippen LogP contribution in [-0.4, -0.2) is 61.3 Å².